The molecule has 1 heterocycles. The molecule has 0 radical (unpaired) electrons. The van der Waals surface area contributed by atoms with Crippen molar-refractivity contribution in [3.05, 3.63) is 29.6 Å². The Kier molecular flexibility index (Phi) is 4.85. The molecule has 1 aromatic rings. The third kappa shape index (κ3) is 3.34. The minimum atomic E-state index is -0.759. The van der Waals surface area contributed by atoms with Crippen molar-refractivity contribution < 1.29 is 19.0 Å². The average Bonchev–Trinajstić information content (AvgIpc) is 2.89. The van der Waals surface area contributed by atoms with Crippen molar-refractivity contribution in [1.29, 1.82) is 0 Å². The molecule has 1 saturated heterocycles. The van der Waals surface area contributed by atoms with E-state index in [0.29, 0.717) is 25.1 Å². The van der Waals surface area contributed by atoms with Crippen LogP contribution in [0.5, 0.6) is 5.75 Å². The Bertz CT molecular complexity index is 577. The molecule has 1 aromatic carbocycles. The Hall–Kier alpha value is -1.62. The van der Waals surface area contributed by atoms with Crippen LogP contribution in [0.3, 0.4) is 0 Å². The molecule has 3 atom stereocenters. The Morgan fingerprint density at radius 3 is 2.87 bits per heavy atom. The van der Waals surface area contributed by atoms with Gasteiger partial charge in [0, 0.05) is 12.6 Å². The van der Waals surface area contributed by atoms with E-state index < -0.39 is 12.0 Å². The number of nitrogens with zero attached hydrogens (tertiary/aromatic N) is 1. The quantitative estimate of drug-likeness (QED) is 0.902. The zero-order valence-electron chi connectivity index (χ0n) is 13.5. The Morgan fingerprint density at radius 2 is 2.17 bits per heavy atom. The van der Waals surface area contributed by atoms with E-state index in [1.807, 2.05) is 13.0 Å². The second kappa shape index (κ2) is 6.87. The van der Waals surface area contributed by atoms with Crippen molar-refractivity contribution in [1.82, 2.24) is 4.90 Å². The van der Waals surface area contributed by atoms with E-state index in [2.05, 4.69) is 4.90 Å². The highest BCUT2D eigenvalue weighted by Gasteiger charge is 2.44. The van der Waals surface area contributed by atoms with Gasteiger partial charge in [-0.1, -0.05) is 18.9 Å². The van der Waals surface area contributed by atoms with Gasteiger partial charge >= 0.3 is 5.97 Å². The fraction of sp³-hybridized carbons (Fsp3) is 0.611. The number of hydrogen-bond acceptors (Lipinski definition) is 3. The molecule has 0 bridgehead atoms. The Morgan fingerprint density at radius 1 is 1.39 bits per heavy atom. The first-order valence-electron chi connectivity index (χ1n) is 8.50. The monoisotopic (exact) mass is 321 g/mol. The Balaban J connectivity index is 1.78. The molecule has 0 amide bonds. The number of carbonyl (C=O) groups is 1. The van der Waals surface area contributed by atoms with E-state index in [1.54, 1.807) is 6.07 Å². The molecule has 2 aliphatic rings. The van der Waals surface area contributed by atoms with E-state index >= 15 is 0 Å². The summed E-state index contributed by atoms with van der Waals surface area (Å²) in [4.78, 5) is 13.7. The van der Waals surface area contributed by atoms with Crippen LogP contribution in [0, 0.1) is 11.7 Å². The van der Waals surface area contributed by atoms with Crippen LogP contribution in [-0.4, -0.2) is 34.7 Å². The second-order valence-corrected chi connectivity index (χ2v) is 6.57. The molecule has 3 rings (SSSR count). The van der Waals surface area contributed by atoms with Crippen LogP contribution in [0.2, 0.25) is 0 Å². The summed E-state index contributed by atoms with van der Waals surface area (Å²) in [5.74, 6) is -0.415. The van der Waals surface area contributed by atoms with Crippen LogP contribution in [0.25, 0.3) is 0 Å². The highest BCUT2D eigenvalue weighted by Crippen LogP contribution is 2.40. The van der Waals surface area contributed by atoms with Crippen LogP contribution < -0.4 is 4.74 Å². The average molecular weight is 321 g/mol. The summed E-state index contributed by atoms with van der Waals surface area (Å²) in [6.45, 7) is 2.73. The molecule has 1 aliphatic heterocycles. The van der Waals surface area contributed by atoms with Gasteiger partial charge in [0.05, 0.1) is 6.61 Å². The van der Waals surface area contributed by atoms with E-state index in [0.717, 1.165) is 31.2 Å². The zero-order valence-corrected chi connectivity index (χ0v) is 13.5. The lowest BCUT2D eigenvalue weighted by molar-refractivity contribution is -0.142. The molecule has 0 aromatic heterocycles. The first kappa shape index (κ1) is 16.2. The van der Waals surface area contributed by atoms with E-state index in [-0.39, 0.29) is 11.6 Å². The number of rotatable bonds is 5. The molecule has 126 valence electrons. The molecule has 0 spiro atoms. The van der Waals surface area contributed by atoms with Crippen molar-refractivity contribution in [3.63, 3.8) is 0 Å². The second-order valence-electron chi connectivity index (χ2n) is 6.57. The fourth-order valence-corrected chi connectivity index (χ4v) is 4.15. The standard InChI is InChI=1S/C18H24FNO3/c1-2-23-17-8-7-12(9-14(17)19)11-20-15-6-4-3-5-13(15)10-16(20)18(21)22/h7-9,13,15-16H,2-6,10-11H2,1H3,(H,21,22). The molecule has 3 unspecified atom stereocenters. The summed E-state index contributed by atoms with van der Waals surface area (Å²) < 4.78 is 19.3. The summed E-state index contributed by atoms with van der Waals surface area (Å²) in [6.07, 6.45) is 5.23. The van der Waals surface area contributed by atoms with Gasteiger partial charge in [0.25, 0.3) is 0 Å². The van der Waals surface area contributed by atoms with Gasteiger partial charge in [-0.05, 0) is 49.8 Å². The molecule has 23 heavy (non-hydrogen) atoms. The molecule has 1 aliphatic carbocycles. The van der Waals surface area contributed by atoms with Crippen molar-refractivity contribution in [3.8, 4) is 5.75 Å². The van der Waals surface area contributed by atoms with E-state index in [1.165, 1.54) is 12.5 Å². The van der Waals surface area contributed by atoms with Gasteiger partial charge in [0.1, 0.15) is 6.04 Å². The highest BCUT2D eigenvalue weighted by molar-refractivity contribution is 5.74. The number of halogens is 1. The number of ether oxygens (including phenoxy) is 1. The smallest absolute Gasteiger partial charge is 0.320 e. The van der Waals surface area contributed by atoms with Gasteiger partial charge in [0.15, 0.2) is 11.6 Å². The van der Waals surface area contributed by atoms with Crippen LogP contribution in [0.1, 0.15) is 44.6 Å². The van der Waals surface area contributed by atoms with Crippen molar-refractivity contribution >= 4 is 5.97 Å². The summed E-state index contributed by atoms with van der Waals surface area (Å²) in [6, 6.07) is 4.82. The fourth-order valence-electron chi connectivity index (χ4n) is 4.15. The number of benzene rings is 1. The lowest BCUT2D eigenvalue weighted by atomic mass is 9.84. The molecular weight excluding hydrogens is 297 g/mol. The molecule has 5 heteroatoms. The van der Waals surface area contributed by atoms with E-state index in [9.17, 15) is 14.3 Å². The Labute approximate surface area is 136 Å². The number of carboxylic acid groups (broad SMARTS) is 1. The maximum absolute atomic E-state index is 14.0. The van der Waals surface area contributed by atoms with E-state index in [4.69, 9.17) is 4.74 Å². The highest BCUT2D eigenvalue weighted by atomic mass is 19.1. The molecule has 1 saturated carbocycles. The lowest BCUT2D eigenvalue weighted by Crippen LogP contribution is -2.41. The minimum absolute atomic E-state index is 0.253. The van der Waals surface area contributed by atoms with Gasteiger partial charge in [-0.25, -0.2) is 4.39 Å². The first-order valence-corrected chi connectivity index (χ1v) is 8.50. The first-order chi connectivity index (χ1) is 11.1. The third-order valence-corrected chi connectivity index (χ3v) is 5.17. The molecule has 1 N–H and O–H groups in total. The topological polar surface area (TPSA) is 49.8 Å². The maximum atomic E-state index is 14.0. The number of fused-ring (bicyclic) bond motifs is 1. The van der Waals surface area contributed by atoms with Crippen LogP contribution >= 0.6 is 0 Å². The number of hydrogen-bond donors (Lipinski definition) is 1. The van der Waals surface area contributed by atoms with Crippen molar-refractivity contribution in [2.45, 2.75) is 57.7 Å². The number of carboxylic acids is 1. The normalized spacial score (nSPS) is 27.7. The molecule has 2 fully saturated rings. The molecular formula is C18H24FNO3. The SMILES string of the molecule is CCOc1ccc(CN2C(C(=O)O)CC3CCCCC32)cc1F. The summed E-state index contributed by atoms with van der Waals surface area (Å²) in [5, 5.41) is 9.54. The van der Waals surface area contributed by atoms with Crippen LogP contribution in [0.15, 0.2) is 18.2 Å². The van der Waals surface area contributed by atoms with Gasteiger partial charge in [0.2, 0.25) is 0 Å². The van der Waals surface area contributed by atoms with Crippen LogP contribution in [-0.2, 0) is 11.3 Å². The summed E-state index contributed by atoms with van der Waals surface area (Å²) >= 11 is 0. The third-order valence-electron chi connectivity index (χ3n) is 5.17. The van der Waals surface area contributed by atoms with Gasteiger partial charge in [-0.3, -0.25) is 9.69 Å². The van der Waals surface area contributed by atoms with Crippen LogP contribution in [0.4, 0.5) is 4.39 Å². The number of likely N-dealkylation sites (tertiary alicyclic amines) is 1. The summed E-state index contributed by atoms with van der Waals surface area (Å²) in [7, 11) is 0. The number of aliphatic carboxylic acids is 1. The predicted molar refractivity (Wildman–Crippen MR) is 84.9 cm³/mol. The predicted octanol–water partition coefficient (Wildman–Crippen LogP) is 3.44. The minimum Gasteiger partial charge on any atom is -0.491 e. The zero-order chi connectivity index (χ0) is 16.4. The lowest BCUT2D eigenvalue weighted by Gasteiger charge is -2.33. The summed E-state index contributed by atoms with van der Waals surface area (Å²) in [5.41, 5.74) is 0.809. The maximum Gasteiger partial charge on any atom is 0.320 e. The van der Waals surface area contributed by atoms with Crippen molar-refractivity contribution in [2.75, 3.05) is 6.61 Å². The van der Waals surface area contributed by atoms with Gasteiger partial charge in [-0.2, -0.15) is 0 Å². The van der Waals surface area contributed by atoms with Gasteiger partial charge in [-0.15, -0.1) is 0 Å². The van der Waals surface area contributed by atoms with Gasteiger partial charge < -0.3 is 9.84 Å². The molecule has 4 nitrogen and oxygen atoms in total. The largest absolute Gasteiger partial charge is 0.491 e. The van der Waals surface area contributed by atoms with Crippen molar-refractivity contribution in [2.24, 2.45) is 5.92 Å².